The van der Waals surface area contributed by atoms with E-state index in [0.717, 1.165) is 17.7 Å². The predicted molar refractivity (Wildman–Crippen MR) is 113 cm³/mol. The lowest BCUT2D eigenvalue weighted by Gasteiger charge is -2.22. The van der Waals surface area contributed by atoms with Gasteiger partial charge in [0.25, 0.3) is 5.91 Å². The van der Waals surface area contributed by atoms with Crippen molar-refractivity contribution in [2.75, 3.05) is 16.8 Å². The summed E-state index contributed by atoms with van der Waals surface area (Å²) < 4.78 is 39.9. The Balaban J connectivity index is 1.67. The van der Waals surface area contributed by atoms with E-state index >= 15 is 0 Å². The van der Waals surface area contributed by atoms with Gasteiger partial charge in [0, 0.05) is 23.5 Å². The lowest BCUT2D eigenvalue weighted by molar-refractivity contribution is -0.112. The Morgan fingerprint density at radius 3 is 2.43 bits per heavy atom. The van der Waals surface area contributed by atoms with Crippen LogP contribution < -0.4 is 10.2 Å². The number of benzene rings is 3. The van der Waals surface area contributed by atoms with E-state index in [1.807, 2.05) is 29.2 Å². The highest BCUT2D eigenvalue weighted by Gasteiger charge is 2.43. The van der Waals surface area contributed by atoms with Gasteiger partial charge in [-0.3, -0.25) is 4.79 Å². The third-order valence-electron chi connectivity index (χ3n) is 5.38. The molecule has 2 aliphatic heterocycles. The Kier molecular flexibility index (Phi) is 4.22. The fourth-order valence-corrected chi connectivity index (χ4v) is 5.75. The van der Waals surface area contributed by atoms with Gasteiger partial charge >= 0.3 is 0 Å². The molecule has 150 valence electrons. The molecular weight excluding hydrogens is 403 g/mol. The van der Waals surface area contributed by atoms with Crippen LogP contribution in [0.2, 0.25) is 0 Å². The molecule has 3 aromatic rings. The molecule has 3 aromatic carbocycles. The summed E-state index contributed by atoms with van der Waals surface area (Å²) in [7, 11) is -4.01. The van der Waals surface area contributed by atoms with Gasteiger partial charge in [-0.1, -0.05) is 36.4 Å². The molecule has 0 unspecified atom stereocenters. The standard InChI is InChI=1S/C23H17FN2O3S/c24-16-9-11-17(12-10-16)25-23(27)22-21(18-6-2-4-8-20(18)30(22,28)29)26-14-13-15-5-1-3-7-19(15)26/h1-12H,13-14H2,(H,25,27). The van der Waals surface area contributed by atoms with Gasteiger partial charge in [-0.2, -0.15) is 0 Å². The summed E-state index contributed by atoms with van der Waals surface area (Å²) in [6.45, 7) is 0.575. The van der Waals surface area contributed by atoms with Crippen LogP contribution in [0, 0.1) is 5.82 Å². The maximum absolute atomic E-state index is 13.3. The fraction of sp³-hybridized carbons (Fsp3) is 0.0870. The normalized spacial score (nSPS) is 16.4. The maximum atomic E-state index is 13.3. The van der Waals surface area contributed by atoms with Gasteiger partial charge in [-0.05, 0) is 48.4 Å². The van der Waals surface area contributed by atoms with Crippen LogP contribution in [0.25, 0.3) is 5.70 Å². The molecule has 2 aliphatic rings. The summed E-state index contributed by atoms with van der Waals surface area (Å²) in [5, 5.41) is 2.61. The second kappa shape index (κ2) is 6.81. The lowest BCUT2D eigenvalue weighted by atomic mass is 10.1. The Bertz CT molecular complexity index is 1310. The number of anilines is 2. The summed E-state index contributed by atoms with van der Waals surface area (Å²) in [5.41, 5.74) is 3.21. The van der Waals surface area contributed by atoms with Crippen molar-refractivity contribution < 1.29 is 17.6 Å². The molecule has 0 aliphatic carbocycles. The molecule has 1 N–H and O–H groups in total. The Hall–Kier alpha value is -3.45. The van der Waals surface area contributed by atoms with Crippen molar-refractivity contribution in [1.29, 1.82) is 0 Å². The van der Waals surface area contributed by atoms with Crippen molar-refractivity contribution in [2.24, 2.45) is 0 Å². The van der Waals surface area contributed by atoms with Crippen LogP contribution in [0.1, 0.15) is 11.1 Å². The zero-order valence-electron chi connectivity index (χ0n) is 15.8. The quantitative estimate of drug-likeness (QED) is 0.696. The molecule has 0 aromatic heterocycles. The van der Waals surface area contributed by atoms with E-state index in [0.29, 0.717) is 23.5 Å². The van der Waals surface area contributed by atoms with E-state index in [4.69, 9.17) is 0 Å². The zero-order chi connectivity index (χ0) is 20.9. The van der Waals surface area contributed by atoms with Gasteiger partial charge in [-0.25, -0.2) is 12.8 Å². The van der Waals surface area contributed by atoms with Crippen LogP contribution in [0.15, 0.2) is 82.6 Å². The molecule has 0 fully saturated rings. The highest BCUT2D eigenvalue weighted by molar-refractivity contribution is 7.97. The van der Waals surface area contributed by atoms with E-state index in [1.165, 1.54) is 30.3 Å². The predicted octanol–water partition coefficient (Wildman–Crippen LogP) is 3.98. The summed E-state index contributed by atoms with van der Waals surface area (Å²) in [6, 6.07) is 19.6. The van der Waals surface area contributed by atoms with Gasteiger partial charge < -0.3 is 10.2 Å². The number of fused-ring (bicyclic) bond motifs is 2. The molecule has 2 heterocycles. The third kappa shape index (κ3) is 2.81. The van der Waals surface area contributed by atoms with Crippen LogP contribution in [0.4, 0.5) is 15.8 Å². The number of hydrogen-bond donors (Lipinski definition) is 1. The first kappa shape index (κ1) is 18.6. The van der Waals surface area contributed by atoms with E-state index in [2.05, 4.69) is 5.32 Å². The Labute approximate surface area is 173 Å². The van der Waals surface area contributed by atoms with Crippen LogP contribution in [0.5, 0.6) is 0 Å². The zero-order valence-corrected chi connectivity index (χ0v) is 16.6. The number of rotatable bonds is 3. The van der Waals surface area contributed by atoms with E-state index in [9.17, 15) is 17.6 Å². The average molecular weight is 420 g/mol. The van der Waals surface area contributed by atoms with Gasteiger partial charge in [0.05, 0.1) is 10.6 Å². The smallest absolute Gasteiger partial charge is 0.269 e. The highest BCUT2D eigenvalue weighted by Crippen LogP contribution is 2.45. The number of para-hydroxylation sites is 1. The Morgan fingerprint density at radius 1 is 0.933 bits per heavy atom. The number of carbonyl (C=O) groups is 1. The highest BCUT2D eigenvalue weighted by atomic mass is 32.2. The van der Waals surface area contributed by atoms with Crippen molar-refractivity contribution in [3.63, 3.8) is 0 Å². The number of halogens is 1. The maximum Gasteiger partial charge on any atom is 0.269 e. The molecule has 7 heteroatoms. The molecular formula is C23H17FN2O3S. The molecule has 1 amide bonds. The first-order valence-electron chi connectivity index (χ1n) is 9.48. The minimum absolute atomic E-state index is 0.119. The van der Waals surface area contributed by atoms with Gasteiger partial charge in [-0.15, -0.1) is 0 Å². The van der Waals surface area contributed by atoms with Gasteiger partial charge in [0.15, 0.2) is 4.91 Å². The van der Waals surface area contributed by atoms with Crippen molar-refractivity contribution in [1.82, 2.24) is 0 Å². The van der Waals surface area contributed by atoms with Crippen LogP contribution in [-0.4, -0.2) is 20.9 Å². The van der Waals surface area contributed by atoms with Gasteiger partial charge in [0.2, 0.25) is 9.84 Å². The van der Waals surface area contributed by atoms with Gasteiger partial charge in [0.1, 0.15) is 5.82 Å². The van der Waals surface area contributed by atoms with E-state index < -0.39 is 21.6 Å². The average Bonchev–Trinajstić information content (AvgIpc) is 3.26. The number of nitrogens with one attached hydrogen (secondary N) is 1. The first-order valence-corrected chi connectivity index (χ1v) is 11.0. The van der Waals surface area contributed by atoms with Crippen LogP contribution in [-0.2, 0) is 21.1 Å². The second-order valence-corrected chi connectivity index (χ2v) is 9.02. The van der Waals surface area contributed by atoms with Crippen LogP contribution in [0.3, 0.4) is 0 Å². The summed E-state index contributed by atoms with van der Waals surface area (Å²) in [4.78, 5) is 14.9. The monoisotopic (exact) mass is 420 g/mol. The van der Waals surface area contributed by atoms with E-state index in [-0.39, 0.29) is 9.80 Å². The van der Waals surface area contributed by atoms with Crippen molar-refractivity contribution in [3.8, 4) is 0 Å². The number of carbonyl (C=O) groups excluding carboxylic acids is 1. The van der Waals surface area contributed by atoms with Crippen molar-refractivity contribution in [2.45, 2.75) is 11.3 Å². The molecule has 0 spiro atoms. The van der Waals surface area contributed by atoms with Crippen molar-refractivity contribution in [3.05, 3.63) is 94.6 Å². The minimum atomic E-state index is -4.01. The largest absolute Gasteiger partial charge is 0.339 e. The second-order valence-electron chi connectivity index (χ2n) is 7.17. The third-order valence-corrected chi connectivity index (χ3v) is 7.23. The number of sulfone groups is 1. The molecule has 0 radical (unpaired) electrons. The number of nitrogens with zero attached hydrogens (tertiary/aromatic N) is 1. The summed E-state index contributed by atoms with van der Waals surface area (Å²) in [5.74, 6) is -1.18. The number of amides is 1. The van der Waals surface area contributed by atoms with Crippen molar-refractivity contribution >= 4 is 32.8 Å². The molecule has 30 heavy (non-hydrogen) atoms. The molecule has 5 nitrogen and oxygen atoms in total. The van der Waals surface area contributed by atoms with Crippen LogP contribution >= 0.6 is 0 Å². The summed E-state index contributed by atoms with van der Waals surface area (Å²) in [6.07, 6.45) is 0.759. The number of hydrogen-bond acceptors (Lipinski definition) is 4. The minimum Gasteiger partial charge on any atom is -0.339 e. The molecule has 0 atom stereocenters. The molecule has 0 saturated heterocycles. The topological polar surface area (TPSA) is 66.5 Å². The molecule has 5 rings (SSSR count). The van der Waals surface area contributed by atoms with E-state index in [1.54, 1.807) is 18.2 Å². The lowest BCUT2D eigenvalue weighted by Crippen LogP contribution is -2.25. The molecule has 0 bridgehead atoms. The Morgan fingerprint density at radius 2 is 1.63 bits per heavy atom. The fourth-order valence-electron chi connectivity index (χ4n) is 4.05. The summed E-state index contributed by atoms with van der Waals surface area (Å²) >= 11 is 0. The molecule has 0 saturated carbocycles. The first-order chi connectivity index (χ1) is 14.5. The SMILES string of the molecule is O=C(Nc1ccc(F)cc1)C1=C(N2CCc3ccccc32)c2ccccc2S1(=O)=O.